The van der Waals surface area contributed by atoms with Gasteiger partial charge in [0.15, 0.2) is 0 Å². The molecule has 2 atom stereocenters. The van der Waals surface area contributed by atoms with Gasteiger partial charge in [-0.25, -0.2) is 0 Å². The molecule has 2 unspecified atom stereocenters. The van der Waals surface area contributed by atoms with Crippen molar-refractivity contribution in [1.82, 2.24) is 4.90 Å². The average Bonchev–Trinajstić information content (AvgIpc) is 2.08. The lowest BCUT2D eigenvalue weighted by molar-refractivity contribution is -0.139. The number of aliphatic hydroxyl groups is 1. The van der Waals surface area contributed by atoms with E-state index in [9.17, 15) is 9.90 Å². The molecule has 1 amide bonds. The second kappa shape index (κ2) is 3.90. The summed E-state index contributed by atoms with van der Waals surface area (Å²) in [6, 6.07) is 0.271. The molecule has 3 heteroatoms. The van der Waals surface area contributed by atoms with E-state index in [0.717, 1.165) is 6.42 Å². The molecular weight excluding hydrogens is 154 g/mol. The highest BCUT2D eigenvalue weighted by molar-refractivity contribution is 5.77. The van der Waals surface area contributed by atoms with Gasteiger partial charge in [0.1, 0.15) is 0 Å². The lowest BCUT2D eigenvalue weighted by Gasteiger charge is -2.34. The summed E-state index contributed by atoms with van der Waals surface area (Å²) < 4.78 is 0. The minimum Gasteiger partial charge on any atom is -0.391 e. The summed E-state index contributed by atoms with van der Waals surface area (Å²) in [5.74, 6) is 0.189. The fraction of sp³-hybridized carbons (Fsp3) is 0.889. The Kier molecular flexibility index (Phi) is 3.09. The zero-order chi connectivity index (χ0) is 9.14. The molecule has 1 fully saturated rings. The zero-order valence-electron chi connectivity index (χ0n) is 7.79. The third-order valence-corrected chi connectivity index (χ3v) is 2.54. The minimum absolute atomic E-state index is 0.189. The van der Waals surface area contributed by atoms with Crippen LogP contribution >= 0.6 is 0 Å². The Morgan fingerprint density at radius 1 is 1.75 bits per heavy atom. The Balaban J connectivity index is 2.54. The summed E-state index contributed by atoms with van der Waals surface area (Å²) in [5.41, 5.74) is 0. The fourth-order valence-electron chi connectivity index (χ4n) is 1.50. The standard InChI is InChI=1S/C9H17NO2/c1-3-7(2)10-6-8(11)4-5-9(10)12/h7-8,11H,3-6H2,1-2H3. The van der Waals surface area contributed by atoms with Crippen LogP contribution < -0.4 is 0 Å². The molecule has 1 aliphatic heterocycles. The number of nitrogens with zero attached hydrogens (tertiary/aromatic N) is 1. The molecule has 0 aliphatic carbocycles. The molecular formula is C9H17NO2. The second-order valence-electron chi connectivity index (χ2n) is 3.50. The number of carbonyl (C=O) groups excluding carboxylic acids is 1. The molecule has 0 bridgehead atoms. The first kappa shape index (κ1) is 9.52. The third kappa shape index (κ3) is 1.97. The van der Waals surface area contributed by atoms with Crippen molar-refractivity contribution in [2.24, 2.45) is 0 Å². The van der Waals surface area contributed by atoms with Crippen molar-refractivity contribution in [1.29, 1.82) is 0 Å². The number of piperidine rings is 1. The van der Waals surface area contributed by atoms with E-state index in [-0.39, 0.29) is 18.1 Å². The lowest BCUT2D eigenvalue weighted by Crippen LogP contribution is -2.46. The van der Waals surface area contributed by atoms with Gasteiger partial charge >= 0.3 is 0 Å². The zero-order valence-corrected chi connectivity index (χ0v) is 7.79. The number of carbonyl (C=O) groups is 1. The monoisotopic (exact) mass is 171 g/mol. The Morgan fingerprint density at radius 2 is 2.42 bits per heavy atom. The Hall–Kier alpha value is -0.570. The summed E-state index contributed by atoms with van der Waals surface area (Å²) in [6.07, 6.45) is 1.78. The van der Waals surface area contributed by atoms with Crippen LogP contribution in [0.5, 0.6) is 0 Å². The summed E-state index contributed by atoms with van der Waals surface area (Å²) in [5, 5.41) is 9.35. The van der Waals surface area contributed by atoms with Gasteiger partial charge in [0.2, 0.25) is 5.91 Å². The fourth-order valence-corrected chi connectivity index (χ4v) is 1.50. The van der Waals surface area contributed by atoms with E-state index in [2.05, 4.69) is 6.92 Å². The van der Waals surface area contributed by atoms with Crippen LogP contribution in [0.1, 0.15) is 33.1 Å². The van der Waals surface area contributed by atoms with Gasteiger partial charge in [0, 0.05) is 19.0 Å². The number of hydrogen-bond acceptors (Lipinski definition) is 2. The number of likely N-dealkylation sites (tertiary alicyclic amines) is 1. The van der Waals surface area contributed by atoms with Crippen LogP contribution in [0.2, 0.25) is 0 Å². The van der Waals surface area contributed by atoms with Gasteiger partial charge in [-0.3, -0.25) is 4.79 Å². The van der Waals surface area contributed by atoms with Crippen LogP contribution in [0.15, 0.2) is 0 Å². The van der Waals surface area contributed by atoms with Crippen LogP contribution in [0.4, 0.5) is 0 Å². The quantitative estimate of drug-likeness (QED) is 0.666. The average molecular weight is 171 g/mol. The van der Waals surface area contributed by atoms with Gasteiger partial charge in [0.25, 0.3) is 0 Å². The van der Waals surface area contributed by atoms with Crippen LogP contribution in [0, 0.1) is 0 Å². The molecule has 1 N–H and O–H groups in total. The van der Waals surface area contributed by atoms with Gasteiger partial charge in [-0.2, -0.15) is 0 Å². The number of β-amino-alcohol motifs (C(OH)–C–C–N with tert-alkyl or cyclic N) is 1. The lowest BCUT2D eigenvalue weighted by atomic mass is 10.0. The van der Waals surface area contributed by atoms with E-state index >= 15 is 0 Å². The Bertz CT molecular complexity index is 170. The highest BCUT2D eigenvalue weighted by Crippen LogP contribution is 2.15. The molecule has 0 spiro atoms. The number of rotatable bonds is 2. The maximum absolute atomic E-state index is 11.4. The maximum atomic E-state index is 11.4. The van der Waals surface area contributed by atoms with Crippen molar-refractivity contribution >= 4 is 5.91 Å². The van der Waals surface area contributed by atoms with Crippen molar-refractivity contribution in [2.75, 3.05) is 6.54 Å². The van der Waals surface area contributed by atoms with Crippen LogP contribution in [-0.4, -0.2) is 34.6 Å². The van der Waals surface area contributed by atoms with E-state index in [1.54, 1.807) is 4.90 Å². The molecule has 0 saturated carbocycles. The Labute approximate surface area is 73.4 Å². The first-order valence-corrected chi connectivity index (χ1v) is 4.62. The van der Waals surface area contributed by atoms with E-state index in [1.807, 2.05) is 6.92 Å². The molecule has 1 rings (SSSR count). The van der Waals surface area contributed by atoms with Gasteiger partial charge in [-0.15, -0.1) is 0 Å². The largest absolute Gasteiger partial charge is 0.391 e. The third-order valence-electron chi connectivity index (χ3n) is 2.54. The number of amides is 1. The SMILES string of the molecule is CCC(C)N1CC(O)CCC1=O. The van der Waals surface area contributed by atoms with E-state index in [0.29, 0.717) is 19.4 Å². The normalized spacial score (nSPS) is 27.4. The van der Waals surface area contributed by atoms with Gasteiger partial charge < -0.3 is 10.0 Å². The molecule has 70 valence electrons. The van der Waals surface area contributed by atoms with Crippen LogP contribution in [0.25, 0.3) is 0 Å². The van der Waals surface area contributed by atoms with Crippen molar-refractivity contribution in [3.05, 3.63) is 0 Å². The van der Waals surface area contributed by atoms with Crippen LogP contribution in [-0.2, 0) is 4.79 Å². The summed E-state index contributed by atoms with van der Waals surface area (Å²) in [7, 11) is 0. The second-order valence-corrected chi connectivity index (χ2v) is 3.50. The van der Waals surface area contributed by atoms with Crippen molar-refractivity contribution in [3.8, 4) is 0 Å². The molecule has 0 aromatic rings. The molecule has 0 aromatic heterocycles. The van der Waals surface area contributed by atoms with Gasteiger partial charge in [0.05, 0.1) is 6.10 Å². The summed E-state index contributed by atoms with van der Waals surface area (Å²) >= 11 is 0. The first-order chi connectivity index (χ1) is 5.65. The van der Waals surface area contributed by atoms with Crippen molar-refractivity contribution in [2.45, 2.75) is 45.3 Å². The molecule has 1 saturated heterocycles. The summed E-state index contributed by atoms with van der Waals surface area (Å²) in [6.45, 7) is 4.60. The molecule has 0 aromatic carbocycles. The highest BCUT2D eigenvalue weighted by Gasteiger charge is 2.26. The van der Waals surface area contributed by atoms with Gasteiger partial charge in [-0.05, 0) is 19.8 Å². The van der Waals surface area contributed by atoms with Crippen molar-refractivity contribution in [3.63, 3.8) is 0 Å². The summed E-state index contributed by atoms with van der Waals surface area (Å²) in [4.78, 5) is 13.1. The van der Waals surface area contributed by atoms with Gasteiger partial charge in [-0.1, -0.05) is 6.92 Å². The predicted octanol–water partition coefficient (Wildman–Crippen LogP) is 0.768. The van der Waals surface area contributed by atoms with Crippen molar-refractivity contribution < 1.29 is 9.90 Å². The number of hydrogen-bond donors (Lipinski definition) is 1. The Morgan fingerprint density at radius 3 is 3.00 bits per heavy atom. The molecule has 3 nitrogen and oxygen atoms in total. The minimum atomic E-state index is -0.309. The highest BCUT2D eigenvalue weighted by atomic mass is 16.3. The van der Waals surface area contributed by atoms with E-state index in [4.69, 9.17) is 0 Å². The molecule has 12 heavy (non-hydrogen) atoms. The smallest absolute Gasteiger partial charge is 0.222 e. The first-order valence-electron chi connectivity index (χ1n) is 4.62. The predicted molar refractivity (Wildman–Crippen MR) is 46.7 cm³/mol. The molecule has 1 heterocycles. The number of aliphatic hydroxyl groups excluding tert-OH is 1. The van der Waals surface area contributed by atoms with E-state index in [1.165, 1.54) is 0 Å². The molecule has 0 radical (unpaired) electrons. The van der Waals surface area contributed by atoms with Crippen LogP contribution in [0.3, 0.4) is 0 Å². The maximum Gasteiger partial charge on any atom is 0.222 e. The topological polar surface area (TPSA) is 40.5 Å². The van der Waals surface area contributed by atoms with E-state index < -0.39 is 0 Å². The molecule has 1 aliphatic rings.